The minimum atomic E-state index is 0.613. The van der Waals surface area contributed by atoms with E-state index in [9.17, 15) is 0 Å². The van der Waals surface area contributed by atoms with E-state index in [-0.39, 0.29) is 0 Å². The van der Waals surface area contributed by atoms with Crippen molar-refractivity contribution < 1.29 is 0 Å². The largest absolute Gasteiger partial charge is 0.340 e. The number of benzene rings is 1. The number of hydrogen-bond donors (Lipinski definition) is 1. The van der Waals surface area contributed by atoms with Crippen molar-refractivity contribution in [2.45, 2.75) is 20.8 Å². The second kappa shape index (κ2) is 5.41. The van der Waals surface area contributed by atoms with Crippen LogP contribution in [0.1, 0.15) is 22.4 Å². The van der Waals surface area contributed by atoms with Crippen LogP contribution in [0, 0.1) is 32.1 Å². The van der Waals surface area contributed by atoms with Crippen LogP contribution >= 0.6 is 15.9 Å². The smallest absolute Gasteiger partial charge is 0.131 e. The number of hydrogen-bond acceptors (Lipinski definition) is 3. The Morgan fingerprint density at radius 1 is 1.11 bits per heavy atom. The van der Waals surface area contributed by atoms with E-state index in [1.165, 1.54) is 0 Å². The summed E-state index contributed by atoms with van der Waals surface area (Å²) < 4.78 is 1.06. The maximum Gasteiger partial charge on any atom is 0.131 e. The van der Waals surface area contributed by atoms with Crippen molar-refractivity contribution in [1.29, 1.82) is 5.26 Å². The Labute approximate surface area is 121 Å². The van der Waals surface area contributed by atoms with Crippen LogP contribution in [0.4, 0.5) is 11.5 Å². The van der Waals surface area contributed by atoms with Gasteiger partial charge < -0.3 is 5.32 Å². The molecule has 1 heterocycles. The molecule has 0 saturated heterocycles. The van der Waals surface area contributed by atoms with Crippen LogP contribution in [0.2, 0.25) is 0 Å². The first-order valence-corrected chi connectivity index (χ1v) is 6.71. The fourth-order valence-electron chi connectivity index (χ4n) is 2.03. The SMILES string of the molecule is Cc1cc(C#N)cc(Nc2c(C)cc(Br)cc2C)n1. The summed E-state index contributed by atoms with van der Waals surface area (Å²) in [5, 5.41) is 12.3. The van der Waals surface area contributed by atoms with Crippen molar-refractivity contribution in [3.05, 3.63) is 51.1 Å². The molecule has 1 aromatic carbocycles. The van der Waals surface area contributed by atoms with Gasteiger partial charge in [0, 0.05) is 15.9 Å². The molecule has 0 amide bonds. The molecule has 0 saturated carbocycles. The second-order valence-corrected chi connectivity index (χ2v) is 5.45. The molecule has 0 aliphatic carbocycles. The number of anilines is 2. The van der Waals surface area contributed by atoms with E-state index in [1.54, 1.807) is 12.1 Å². The minimum Gasteiger partial charge on any atom is -0.340 e. The van der Waals surface area contributed by atoms with Crippen LogP contribution in [0.15, 0.2) is 28.7 Å². The molecule has 0 bridgehead atoms. The lowest BCUT2D eigenvalue weighted by Gasteiger charge is -2.13. The molecule has 0 atom stereocenters. The molecule has 2 aromatic rings. The molecular formula is C15H14BrN3. The van der Waals surface area contributed by atoms with Gasteiger partial charge in [0.1, 0.15) is 5.82 Å². The lowest BCUT2D eigenvalue weighted by molar-refractivity contribution is 1.18. The van der Waals surface area contributed by atoms with Crippen LogP contribution in [0.25, 0.3) is 0 Å². The number of nitrogens with zero attached hydrogens (tertiary/aromatic N) is 2. The third-order valence-corrected chi connectivity index (χ3v) is 3.29. The predicted molar refractivity (Wildman–Crippen MR) is 80.6 cm³/mol. The van der Waals surface area contributed by atoms with Crippen molar-refractivity contribution >= 4 is 27.4 Å². The lowest BCUT2D eigenvalue weighted by Crippen LogP contribution is -2.00. The molecule has 96 valence electrons. The van der Waals surface area contributed by atoms with E-state index in [0.29, 0.717) is 11.4 Å². The minimum absolute atomic E-state index is 0.613. The average Bonchev–Trinajstić information content (AvgIpc) is 2.33. The molecule has 2 rings (SSSR count). The zero-order valence-electron chi connectivity index (χ0n) is 11.1. The van der Waals surface area contributed by atoms with Gasteiger partial charge in [-0.25, -0.2) is 4.98 Å². The number of aromatic nitrogens is 1. The van der Waals surface area contributed by atoms with Crippen LogP contribution in [-0.2, 0) is 0 Å². The van der Waals surface area contributed by atoms with Crippen LogP contribution < -0.4 is 5.32 Å². The van der Waals surface area contributed by atoms with Gasteiger partial charge in [-0.3, -0.25) is 0 Å². The van der Waals surface area contributed by atoms with Crippen molar-refractivity contribution in [1.82, 2.24) is 4.98 Å². The molecule has 0 unspecified atom stereocenters. The Morgan fingerprint density at radius 2 is 1.74 bits per heavy atom. The van der Waals surface area contributed by atoms with E-state index in [1.807, 2.05) is 20.8 Å². The summed E-state index contributed by atoms with van der Waals surface area (Å²) >= 11 is 3.48. The van der Waals surface area contributed by atoms with Crippen molar-refractivity contribution in [2.24, 2.45) is 0 Å². The Balaban J connectivity index is 2.42. The summed E-state index contributed by atoms with van der Waals surface area (Å²) in [6.45, 7) is 5.97. The van der Waals surface area contributed by atoms with Gasteiger partial charge in [-0.15, -0.1) is 0 Å². The summed E-state index contributed by atoms with van der Waals surface area (Å²) in [6, 6.07) is 9.78. The topological polar surface area (TPSA) is 48.7 Å². The maximum atomic E-state index is 8.99. The van der Waals surface area contributed by atoms with Gasteiger partial charge >= 0.3 is 0 Å². The van der Waals surface area contributed by atoms with Gasteiger partial charge in [0.25, 0.3) is 0 Å². The van der Waals surface area contributed by atoms with Crippen LogP contribution in [0.3, 0.4) is 0 Å². The average molecular weight is 316 g/mol. The summed E-state index contributed by atoms with van der Waals surface area (Å²) in [6.07, 6.45) is 0. The Bertz CT molecular complexity index is 649. The summed E-state index contributed by atoms with van der Waals surface area (Å²) in [5.74, 6) is 0.699. The summed E-state index contributed by atoms with van der Waals surface area (Å²) in [5.41, 5.74) is 4.74. The van der Waals surface area contributed by atoms with E-state index in [2.05, 4.69) is 44.4 Å². The number of nitrogens with one attached hydrogen (secondary N) is 1. The van der Waals surface area contributed by atoms with Gasteiger partial charge in [0.15, 0.2) is 0 Å². The molecule has 0 aliphatic heterocycles. The number of halogens is 1. The number of rotatable bonds is 2. The van der Waals surface area contributed by atoms with Crippen molar-refractivity contribution in [3.8, 4) is 6.07 Å². The van der Waals surface area contributed by atoms with Gasteiger partial charge in [-0.1, -0.05) is 15.9 Å². The highest BCUT2D eigenvalue weighted by molar-refractivity contribution is 9.10. The molecule has 0 spiro atoms. The number of aryl methyl sites for hydroxylation is 3. The highest BCUT2D eigenvalue weighted by Crippen LogP contribution is 2.27. The number of nitriles is 1. The Hall–Kier alpha value is -1.86. The standard InChI is InChI=1S/C15H14BrN3/c1-9-4-13(16)5-10(2)15(9)19-14-7-12(8-17)6-11(3)18-14/h4-7H,1-3H3,(H,18,19). The van der Waals surface area contributed by atoms with E-state index in [0.717, 1.165) is 27.0 Å². The fourth-order valence-corrected chi connectivity index (χ4v) is 2.72. The number of pyridine rings is 1. The Morgan fingerprint density at radius 3 is 2.32 bits per heavy atom. The van der Waals surface area contributed by atoms with Crippen molar-refractivity contribution in [2.75, 3.05) is 5.32 Å². The quantitative estimate of drug-likeness (QED) is 0.894. The molecular weight excluding hydrogens is 302 g/mol. The highest BCUT2D eigenvalue weighted by atomic mass is 79.9. The van der Waals surface area contributed by atoms with Crippen LogP contribution in [0.5, 0.6) is 0 Å². The third kappa shape index (κ3) is 3.12. The maximum absolute atomic E-state index is 8.99. The predicted octanol–water partition coefficient (Wildman–Crippen LogP) is 4.38. The zero-order valence-corrected chi connectivity index (χ0v) is 12.7. The normalized spacial score (nSPS) is 10.1. The molecule has 4 heteroatoms. The summed E-state index contributed by atoms with van der Waals surface area (Å²) in [7, 11) is 0. The highest BCUT2D eigenvalue weighted by Gasteiger charge is 2.06. The zero-order chi connectivity index (χ0) is 14.0. The van der Waals surface area contributed by atoms with Gasteiger partial charge in [-0.05, 0) is 56.2 Å². The van der Waals surface area contributed by atoms with E-state index in [4.69, 9.17) is 5.26 Å². The van der Waals surface area contributed by atoms with Gasteiger partial charge in [-0.2, -0.15) is 5.26 Å². The molecule has 0 aliphatic rings. The van der Waals surface area contributed by atoms with Gasteiger partial charge in [0.2, 0.25) is 0 Å². The molecule has 19 heavy (non-hydrogen) atoms. The first-order valence-electron chi connectivity index (χ1n) is 5.92. The first kappa shape index (κ1) is 13.6. The molecule has 0 radical (unpaired) electrons. The monoisotopic (exact) mass is 315 g/mol. The van der Waals surface area contributed by atoms with E-state index < -0.39 is 0 Å². The molecule has 1 N–H and O–H groups in total. The van der Waals surface area contributed by atoms with Gasteiger partial charge in [0.05, 0.1) is 11.6 Å². The van der Waals surface area contributed by atoms with Crippen molar-refractivity contribution in [3.63, 3.8) is 0 Å². The lowest BCUT2D eigenvalue weighted by atomic mass is 10.1. The van der Waals surface area contributed by atoms with E-state index >= 15 is 0 Å². The second-order valence-electron chi connectivity index (χ2n) is 4.53. The molecule has 3 nitrogen and oxygen atoms in total. The molecule has 1 aromatic heterocycles. The summed E-state index contributed by atoms with van der Waals surface area (Å²) in [4.78, 5) is 4.41. The first-order chi connectivity index (χ1) is 8.99. The van der Waals surface area contributed by atoms with Crippen LogP contribution in [-0.4, -0.2) is 4.98 Å². The molecule has 0 fully saturated rings. The fraction of sp³-hybridized carbons (Fsp3) is 0.200. The Kier molecular flexibility index (Phi) is 3.87. The third-order valence-electron chi connectivity index (χ3n) is 2.83.